The first-order valence-corrected chi connectivity index (χ1v) is 4.93. The number of alkyl halides is 1. The molecule has 0 spiro atoms. The summed E-state index contributed by atoms with van der Waals surface area (Å²) in [4.78, 5) is 11.2. The van der Waals surface area contributed by atoms with E-state index in [1.807, 2.05) is 6.07 Å². The van der Waals surface area contributed by atoms with Crippen LogP contribution in [0.3, 0.4) is 0 Å². The molecule has 0 atom stereocenters. The molecule has 1 rings (SSSR count). The van der Waals surface area contributed by atoms with Gasteiger partial charge < -0.3 is 4.74 Å². The maximum Gasteiger partial charge on any atom is 0.342 e. The van der Waals surface area contributed by atoms with Gasteiger partial charge in [0.1, 0.15) is 0 Å². The van der Waals surface area contributed by atoms with Gasteiger partial charge in [-0.05, 0) is 18.2 Å². The molecule has 0 saturated carbocycles. The van der Waals surface area contributed by atoms with Crippen LogP contribution in [-0.2, 0) is 4.74 Å². The molecule has 0 unspecified atom stereocenters. The second-order valence-corrected chi connectivity index (χ2v) is 2.94. The highest BCUT2D eigenvalue weighted by Gasteiger charge is 2.02. The minimum absolute atomic E-state index is 0.335. The maximum atomic E-state index is 11.2. The Morgan fingerprint density at radius 1 is 1.38 bits per heavy atom. The van der Waals surface area contributed by atoms with Crippen molar-refractivity contribution in [1.29, 1.82) is 0 Å². The molecule has 2 nitrogen and oxygen atoms in total. The van der Waals surface area contributed by atoms with Crippen LogP contribution >= 0.6 is 15.9 Å². The van der Waals surface area contributed by atoms with Crippen LogP contribution in [0.1, 0.15) is 10.4 Å². The monoisotopic (exact) mass is 240 g/mol. The van der Waals surface area contributed by atoms with Crippen molar-refractivity contribution >= 4 is 21.9 Å². The predicted molar refractivity (Wildman–Crippen MR) is 54.8 cm³/mol. The van der Waals surface area contributed by atoms with Crippen molar-refractivity contribution in [3.8, 4) is 0 Å². The lowest BCUT2D eigenvalue weighted by Crippen LogP contribution is -1.99. The molecule has 1 aromatic carbocycles. The summed E-state index contributed by atoms with van der Waals surface area (Å²) in [7, 11) is 0. The summed E-state index contributed by atoms with van der Waals surface area (Å²) in [5, 5.41) is 0.676. The van der Waals surface area contributed by atoms with Crippen molar-refractivity contribution in [2.75, 3.05) is 5.33 Å². The highest BCUT2D eigenvalue weighted by Crippen LogP contribution is 2.01. The number of carbonyl (C=O) groups is 1. The van der Waals surface area contributed by atoms with Crippen LogP contribution in [0.15, 0.2) is 42.7 Å². The molecule has 0 aliphatic carbocycles. The van der Waals surface area contributed by atoms with E-state index < -0.39 is 0 Å². The smallest absolute Gasteiger partial charge is 0.342 e. The summed E-state index contributed by atoms with van der Waals surface area (Å²) >= 11 is 3.18. The molecule has 0 radical (unpaired) electrons. The Kier molecular flexibility index (Phi) is 4.26. The third-order valence-electron chi connectivity index (χ3n) is 1.37. The third-order valence-corrected chi connectivity index (χ3v) is 1.74. The van der Waals surface area contributed by atoms with Gasteiger partial charge in [-0.25, -0.2) is 4.79 Å². The van der Waals surface area contributed by atoms with Gasteiger partial charge in [0, 0.05) is 5.33 Å². The first-order valence-electron chi connectivity index (χ1n) is 3.81. The highest BCUT2D eigenvalue weighted by atomic mass is 79.9. The lowest BCUT2D eigenvalue weighted by atomic mass is 10.2. The number of benzene rings is 1. The zero-order chi connectivity index (χ0) is 9.52. The van der Waals surface area contributed by atoms with Gasteiger partial charge in [0.2, 0.25) is 0 Å². The van der Waals surface area contributed by atoms with E-state index in [-0.39, 0.29) is 5.97 Å². The van der Waals surface area contributed by atoms with Crippen molar-refractivity contribution in [3.05, 3.63) is 48.2 Å². The summed E-state index contributed by atoms with van der Waals surface area (Å²) in [5.74, 6) is -0.335. The molecular weight excluding hydrogens is 232 g/mol. The number of carbonyl (C=O) groups excluding carboxylic acids is 1. The van der Waals surface area contributed by atoms with Gasteiger partial charge in [-0.2, -0.15) is 0 Å². The van der Waals surface area contributed by atoms with E-state index in [4.69, 9.17) is 4.74 Å². The Morgan fingerprint density at radius 2 is 2.08 bits per heavy atom. The third kappa shape index (κ3) is 3.42. The summed E-state index contributed by atoms with van der Waals surface area (Å²) < 4.78 is 4.82. The molecule has 0 bridgehead atoms. The molecule has 1 aromatic rings. The predicted octanol–water partition coefficient (Wildman–Crippen LogP) is 2.75. The number of esters is 1. The van der Waals surface area contributed by atoms with Crippen LogP contribution in [-0.4, -0.2) is 11.3 Å². The molecule has 0 heterocycles. The Bertz CT molecular complexity index is 293. The fourth-order valence-corrected chi connectivity index (χ4v) is 0.941. The molecule has 0 fully saturated rings. The molecule has 0 aliphatic heterocycles. The molecule has 0 N–H and O–H groups in total. The summed E-state index contributed by atoms with van der Waals surface area (Å²) in [5.41, 5.74) is 0.557. The number of hydrogen-bond donors (Lipinski definition) is 0. The Balaban J connectivity index is 2.54. The number of hydrogen-bond acceptors (Lipinski definition) is 2. The van der Waals surface area contributed by atoms with Gasteiger partial charge in [-0.3, -0.25) is 0 Å². The standard InChI is InChI=1S/C10H9BrO2/c11-7-4-8-13-10(12)9-5-2-1-3-6-9/h1-6,8H,7H2/b8-4+. The fraction of sp³-hybridized carbons (Fsp3) is 0.100. The molecule has 68 valence electrons. The van der Waals surface area contributed by atoms with E-state index in [9.17, 15) is 4.79 Å². The first-order chi connectivity index (χ1) is 6.34. The van der Waals surface area contributed by atoms with Crippen LogP contribution in [0.5, 0.6) is 0 Å². The Morgan fingerprint density at radius 3 is 2.69 bits per heavy atom. The van der Waals surface area contributed by atoms with Crippen LogP contribution in [0, 0.1) is 0 Å². The van der Waals surface area contributed by atoms with E-state index in [1.54, 1.807) is 30.3 Å². The number of allylic oxidation sites excluding steroid dienone is 1. The first kappa shape index (κ1) is 9.99. The molecule has 0 aliphatic rings. The maximum absolute atomic E-state index is 11.2. The lowest BCUT2D eigenvalue weighted by Gasteiger charge is -1.97. The van der Waals surface area contributed by atoms with E-state index >= 15 is 0 Å². The molecule has 13 heavy (non-hydrogen) atoms. The van der Waals surface area contributed by atoms with E-state index in [1.165, 1.54) is 6.26 Å². The van der Waals surface area contributed by atoms with E-state index in [0.29, 0.717) is 10.9 Å². The van der Waals surface area contributed by atoms with Gasteiger partial charge in [0.05, 0.1) is 11.8 Å². The highest BCUT2D eigenvalue weighted by molar-refractivity contribution is 9.09. The van der Waals surface area contributed by atoms with E-state index in [2.05, 4.69) is 15.9 Å². The van der Waals surface area contributed by atoms with E-state index in [0.717, 1.165) is 0 Å². The van der Waals surface area contributed by atoms with Gasteiger partial charge in [-0.1, -0.05) is 34.1 Å². The SMILES string of the molecule is O=C(O/C=C/CBr)c1ccccc1. The Labute approximate surface area is 85.3 Å². The van der Waals surface area contributed by atoms with Gasteiger partial charge in [0.15, 0.2) is 0 Å². The van der Waals surface area contributed by atoms with Crippen molar-refractivity contribution in [3.63, 3.8) is 0 Å². The van der Waals surface area contributed by atoms with Crippen LogP contribution in [0.25, 0.3) is 0 Å². The fourth-order valence-electron chi connectivity index (χ4n) is 0.789. The average Bonchev–Trinajstić information content (AvgIpc) is 2.19. The largest absolute Gasteiger partial charge is 0.431 e. The van der Waals surface area contributed by atoms with Gasteiger partial charge >= 0.3 is 5.97 Å². The lowest BCUT2D eigenvalue weighted by molar-refractivity contribution is 0.0663. The number of ether oxygens (including phenoxy) is 1. The van der Waals surface area contributed by atoms with Crippen molar-refractivity contribution in [2.24, 2.45) is 0 Å². The Hall–Kier alpha value is -1.09. The summed E-state index contributed by atoms with van der Waals surface area (Å²) in [6, 6.07) is 8.87. The minimum Gasteiger partial charge on any atom is -0.431 e. The van der Waals surface area contributed by atoms with Gasteiger partial charge in [0.25, 0.3) is 0 Å². The molecule has 0 saturated heterocycles. The quantitative estimate of drug-likeness (QED) is 0.462. The average molecular weight is 241 g/mol. The summed E-state index contributed by atoms with van der Waals surface area (Å²) in [6.07, 6.45) is 3.09. The number of halogens is 1. The van der Waals surface area contributed by atoms with Crippen LogP contribution in [0.2, 0.25) is 0 Å². The van der Waals surface area contributed by atoms with Gasteiger partial charge in [-0.15, -0.1) is 0 Å². The normalized spacial score (nSPS) is 10.2. The summed E-state index contributed by atoms with van der Waals surface area (Å²) in [6.45, 7) is 0. The topological polar surface area (TPSA) is 26.3 Å². The molecule has 0 amide bonds. The minimum atomic E-state index is -0.335. The second kappa shape index (κ2) is 5.54. The van der Waals surface area contributed by atoms with Crippen LogP contribution < -0.4 is 0 Å². The van der Waals surface area contributed by atoms with Crippen LogP contribution in [0.4, 0.5) is 0 Å². The zero-order valence-corrected chi connectivity index (χ0v) is 8.53. The number of rotatable bonds is 3. The molecular formula is C10H9BrO2. The van der Waals surface area contributed by atoms with Crippen molar-refractivity contribution in [2.45, 2.75) is 0 Å². The second-order valence-electron chi connectivity index (χ2n) is 2.30. The zero-order valence-electron chi connectivity index (χ0n) is 6.94. The molecule has 3 heteroatoms. The van der Waals surface area contributed by atoms with Crippen molar-refractivity contribution < 1.29 is 9.53 Å². The van der Waals surface area contributed by atoms with Crippen molar-refractivity contribution in [1.82, 2.24) is 0 Å². The molecule has 0 aromatic heterocycles.